The Morgan fingerprint density at radius 3 is 2.61 bits per heavy atom. The Bertz CT molecular complexity index is 359. The van der Waals surface area contributed by atoms with Crippen molar-refractivity contribution < 1.29 is 4.39 Å². The van der Waals surface area contributed by atoms with Gasteiger partial charge in [-0.05, 0) is 50.0 Å². The second kappa shape index (κ2) is 6.30. The van der Waals surface area contributed by atoms with Crippen molar-refractivity contribution in [3.8, 4) is 0 Å². The molecule has 3 heteroatoms. The summed E-state index contributed by atoms with van der Waals surface area (Å²) in [6, 6.07) is 7.57. The summed E-state index contributed by atoms with van der Waals surface area (Å²) in [5.41, 5.74) is 1.17. The first-order valence-corrected chi connectivity index (χ1v) is 6.80. The monoisotopic (exact) mass is 250 g/mol. The van der Waals surface area contributed by atoms with Crippen molar-refractivity contribution in [2.24, 2.45) is 5.92 Å². The molecule has 2 nitrogen and oxygen atoms in total. The maximum absolute atomic E-state index is 12.8. The first-order chi connectivity index (χ1) is 8.63. The summed E-state index contributed by atoms with van der Waals surface area (Å²) in [6.07, 6.45) is 2.69. The van der Waals surface area contributed by atoms with Crippen molar-refractivity contribution in [2.45, 2.75) is 32.4 Å². The molecule has 1 aromatic rings. The van der Waals surface area contributed by atoms with Crippen molar-refractivity contribution in [1.29, 1.82) is 0 Å². The number of hydrogen-bond donors (Lipinski definition) is 1. The fraction of sp³-hybridized carbons (Fsp3) is 0.600. The van der Waals surface area contributed by atoms with Crippen LogP contribution in [0.1, 0.15) is 25.3 Å². The van der Waals surface area contributed by atoms with Crippen molar-refractivity contribution in [3.63, 3.8) is 0 Å². The third kappa shape index (κ3) is 4.75. The third-order valence-electron chi connectivity index (χ3n) is 3.32. The van der Waals surface area contributed by atoms with Gasteiger partial charge in [0.2, 0.25) is 0 Å². The fourth-order valence-electron chi connectivity index (χ4n) is 2.22. The van der Waals surface area contributed by atoms with Crippen LogP contribution in [0, 0.1) is 11.7 Å². The van der Waals surface area contributed by atoms with E-state index in [1.165, 1.54) is 30.5 Å². The van der Waals surface area contributed by atoms with Gasteiger partial charge in [-0.3, -0.25) is 0 Å². The zero-order valence-electron chi connectivity index (χ0n) is 11.3. The van der Waals surface area contributed by atoms with Crippen LogP contribution in [0.2, 0.25) is 0 Å². The number of benzene rings is 1. The average molecular weight is 250 g/mol. The molecular formula is C15H23FN2. The molecule has 1 unspecified atom stereocenters. The molecule has 0 aromatic heterocycles. The Kier molecular flexibility index (Phi) is 4.72. The molecule has 0 bridgehead atoms. The molecule has 1 saturated carbocycles. The highest BCUT2D eigenvalue weighted by Crippen LogP contribution is 2.18. The molecule has 1 atom stereocenters. The minimum absolute atomic E-state index is 0.164. The highest BCUT2D eigenvalue weighted by molar-refractivity contribution is 5.15. The van der Waals surface area contributed by atoms with Crippen LogP contribution in [0.5, 0.6) is 0 Å². The first kappa shape index (κ1) is 13.5. The van der Waals surface area contributed by atoms with Crippen molar-refractivity contribution in [3.05, 3.63) is 35.6 Å². The summed E-state index contributed by atoms with van der Waals surface area (Å²) in [4.78, 5) is 2.30. The molecule has 0 saturated heterocycles. The molecule has 100 valence electrons. The summed E-state index contributed by atoms with van der Waals surface area (Å²) in [5, 5.41) is 3.56. The molecule has 0 radical (unpaired) electrons. The zero-order chi connectivity index (χ0) is 13.0. The van der Waals surface area contributed by atoms with Gasteiger partial charge in [-0.15, -0.1) is 0 Å². The lowest BCUT2D eigenvalue weighted by Crippen LogP contribution is -2.31. The van der Waals surface area contributed by atoms with E-state index in [0.717, 1.165) is 25.7 Å². The van der Waals surface area contributed by atoms with E-state index in [-0.39, 0.29) is 5.82 Å². The molecule has 0 heterocycles. The van der Waals surface area contributed by atoms with Crippen LogP contribution in [0.25, 0.3) is 0 Å². The molecule has 1 aliphatic carbocycles. The van der Waals surface area contributed by atoms with E-state index >= 15 is 0 Å². The maximum Gasteiger partial charge on any atom is 0.123 e. The van der Waals surface area contributed by atoms with Crippen LogP contribution in [0.15, 0.2) is 24.3 Å². The fourth-order valence-corrected chi connectivity index (χ4v) is 2.22. The molecule has 1 aliphatic rings. The molecule has 1 aromatic carbocycles. The van der Waals surface area contributed by atoms with Crippen LogP contribution in [0.4, 0.5) is 4.39 Å². The van der Waals surface area contributed by atoms with Gasteiger partial charge in [0.1, 0.15) is 5.82 Å². The quantitative estimate of drug-likeness (QED) is 0.800. The second-order valence-corrected chi connectivity index (χ2v) is 5.61. The lowest BCUT2D eigenvalue weighted by atomic mass is 10.1. The molecule has 2 rings (SSSR count). The highest BCUT2D eigenvalue weighted by atomic mass is 19.1. The lowest BCUT2D eigenvalue weighted by molar-refractivity contribution is 0.273. The predicted molar refractivity (Wildman–Crippen MR) is 72.9 cm³/mol. The topological polar surface area (TPSA) is 15.3 Å². The summed E-state index contributed by atoms with van der Waals surface area (Å²) in [7, 11) is 2.12. The van der Waals surface area contributed by atoms with E-state index in [0.29, 0.717) is 5.92 Å². The van der Waals surface area contributed by atoms with E-state index in [9.17, 15) is 4.39 Å². The Morgan fingerprint density at radius 2 is 2.00 bits per heavy atom. The van der Waals surface area contributed by atoms with Gasteiger partial charge in [0.05, 0.1) is 0 Å². The Balaban J connectivity index is 1.69. The van der Waals surface area contributed by atoms with Gasteiger partial charge in [0.25, 0.3) is 0 Å². The van der Waals surface area contributed by atoms with Gasteiger partial charge >= 0.3 is 0 Å². The molecule has 0 amide bonds. The van der Waals surface area contributed by atoms with Gasteiger partial charge in [-0.1, -0.05) is 19.1 Å². The van der Waals surface area contributed by atoms with Crippen LogP contribution < -0.4 is 5.32 Å². The zero-order valence-corrected chi connectivity index (χ0v) is 11.3. The molecule has 0 aliphatic heterocycles. The van der Waals surface area contributed by atoms with Gasteiger partial charge in [-0.25, -0.2) is 4.39 Å². The van der Waals surface area contributed by atoms with Crippen molar-refractivity contribution >= 4 is 0 Å². The Morgan fingerprint density at radius 1 is 1.33 bits per heavy atom. The molecule has 0 spiro atoms. The number of hydrogen-bond acceptors (Lipinski definition) is 2. The third-order valence-corrected chi connectivity index (χ3v) is 3.32. The van der Waals surface area contributed by atoms with E-state index in [4.69, 9.17) is 0 Å². The largest absolute Gasteiger partial charge is 0.314 e. The van der Waals surface area contributed by atoms with Crippen molar-refractivity contribution in [2.75, 3.05) is 20.1 Å². The molecule has 18 heavy (non-hydrogen) atoms. The molecular weight excluding hydrogens is 227 g/mol. The summed E-state index contributed by atoms with van der Waals surface area (Å²) >= 11 is 0. The standard InChI is InChI=1S/C15H23FN2/c1-12(9-17-15-7-8-15)10-18(2)11-13-3-5-14(16)6-4-13/h3-6,12,15,17H,7-11H2,1-2H3. The Hall–Kier alpha value is -0.930. The summed E-state index contributed by atoms with van der Waals surface area (Å²) in [5.74, 6) is 0.486. The minimum atomic E-state index is -0.164. The van der Waals surface area contributed by atoms with E-state index in [1.54, 1.807) is 0 Å². The van der Waals surface area contributed by atoms with Gasteiger partial charge < -0.3 is 10.2 Å². The van der Waals surface area contributed by atoms with E-state index in [1.807, 2.05) is 12.1 Å². The van der Waals surface area contributed by atoms with Crippen LogP contribution >= 0.6 is 0 Å². The first-order valence-electron chi connectivity index (χ1n) is 6.80. The average Bonchev–Trinajstić information content (AvgIpc) is 3.13. The number of nitrogens with zero attached hydrogens (tertiary/aromatic N) is 1. The predicted octanol–water partition coefficient (Wildman–Crippen LogP) is 2.65. The number of nitrogens with one attached hydrogen (secondary N) is 1. The van der Waals surface area contributed by atoms with E-state index < -0.39 is 0 Å². The smallest absolute Gasteiger partial charge is 0.123 e. The van der Waals surface area contributed by atoms with Crippen molar-refractivity contribution in [1.82, 2.24) is 10.2 Å². The second-order valence-electron chi connectivity index (χ2n) is 5.61. The number of halogens is 1. The Labute approximate surface area is 109 Å². The highest BCUT2D eigenvalue weighted by Gasteiger charge is 2.21. The van der Waals surface area contributed by atoms with Gasteiger partial charge in [0, 0.05) is 19.1 Å². The van der Waals surface area contributed by atoms with E-state index in [2.05, 4.69) is 24.2 Å². The molecule has 1 fully saturated rings. The number of rotatable bonds is 7. The maximum atomic E-state index is 12.8. The SMILES string of the molecule is CC(CNC1CC1)CN(C)Cc1ccc(F)cc1. The summed E-state index contributed by atoms with van der Waals surface area (Å²) in [6.45, 7) is 5.32. The van der Waals surface area contributed by atoms with Crippen LogP contribution in [0.3, 0.4) is 0 Å². The van der Waals surface area contributed by atoms with Crippen LogP contribution in [-0.4, -0.2) is 31.1 Å². The summed E-state index contributed by atoms with van der Waals surface area (Å²) < 4.78 is 12.8. The van der Waals surface area contributed by atoms with Gasteiger partial charge in [-0.2, -0.15) is 0 Å². The lowest BCUT2D eigenvalue weighted by Gasteiger charge is -2.21. The van der Waals surface area contributed by atoms with Gasteiger partial charge in [0.15, 0.2) is 0 Å². The molecule has 1 N–H and O–H groups in total. The van der Waals surface area contributed by atoms with Crippen LogP contribution in [-0.2, 0) is 6.54 Å². The normalized spacial score (nSPS) is 17.1. The minimum Gasteiger partial charge on any atom is -0.314 e.